The lowest BCUT2D eigenvalue weighted by Crippen LogP contribution is -2.33. The third kappa shape index (κ3) is 4.73. The number of rotatable bonds is 6. The second kappa shape index (κ2) is 8.35. The Bertz CT molecular complexity index is 696. The van der Waals surface area contributed by atoms with Gasteiger partial charge in [-0.25, -0.2) is 18.0 Å². The number of halogens is 3. The van der Waals surface area contributed by atoms with Crippen LogP contribution in [0.3, 0.4) is 0 Å². The number of carbonyl (C=O) groups is 1. The van der Waals surface area contributed by atoms with Crippen LogP contribution in [0.4, 0.5) is 23.7 Å². The molecule has 2 rings (SSSR count). The van der Waals surface area contributed by atoms with E-state index >= 15 is 0 Å². The zero-order valence-electron chi connectivity index (χ0n) is 12.7. The third-order valence-corrected chi connectivity index (χ3v) is 3.42. The van der Waals surface area contributed by atoms with Crippen LogP contribution in [-0.4, -0.2) is 17.7 Å². The van der Waals surface area contributed by atoms with Crippen LogP contribution in [0.1, 0.15) is 24.4 Å². The summed E-state index contributed by atoms with van der Waals surface area (Å²) >= 11 is 0. The molecule has 2 aromatic carbocycles. The molecule has 2 amide bonds. The van der Waals surface area contributed by atoms with Crippen molar-refractivity contribution in [2.45, 2.75) is 18.9 Å². The Morgan fingerprint density at radius 3 is 2.38 bits per heavy atom. The summed E-state index contributed by atoms with van der Waals surface area (Å²) in [7, 11) is 0. The van der Waals surface area contributed by atoms with Gasteiger partial charge in [-0.2, -0.15) is 0 Å². The molecule has 0 aliphatic carbocycles. The summed E-state index contributed by atoms with van der Waals surface area (Å²) in [6.07, 6.45) is 0.924. The molecule has 0 heterocycles. The molecule has 128 valence electrons. The van der Waals surface area contributed by atoms with E-state index in [0.29, 0.717) is 25.0 Å². The van der Waals surface area contributed by atoms with Crippen molar-refractivity contribution in [3.8, 4) is 0 Å². The topological polar surface area (TPSA) is 61.4 Å². The van der Waals surface area contributed by atoms with Gasteiger partial charge in [-0.05, 0) is 18.4 Å². The van der Waals surface area contributed by atoms with Crippen LogP contribution in [0.5, 0.6) is 0 Å². The largest absolute Gasteiger partial charge is 0.396 e. The molecular formula is C17H17F3N2O2. The van der Waals surface area contributed by atoms with Gasteiger partial charge in [0, 0.05) is 18.7 Å². The molecule has 0 radical (unpaired) electrons. The van der Waals surface area contributed by atoms with Crippen LogP contribution in [0.2, 0.25) is 0 Å². The zero-order valence-corrected chi connectivity index (χ0v) is 12.7. The number of nitrogens with one attached hydrogen (secondary N) is 2. The molecule has 7 heteroatoms. The van der Waals surface area contributed by atoms with Gasteiger partial charge in [-0.1, -0.05) is 30.3 Å². The van der Waals surface area contributed by atoms with Crippen LogP contribution >= 0.6 is 0 Å². The van der Waals surface area contributed by atoms with Gasteiger partial charge in [0.2, 0.25) is 0 Å². The number of anilines is 1. The summed E-state index contributed by atoms with van der Waals surface area (Å²) in [5.41, 5.74) is 0.354. The predicted octanol–water partition coefficient (Wildman–Crippen LogP) is 3.74. The van der Waals surface area contributed by atoms with E-state index in [2.05, 4.69) is 10.6 Å². The van der Waals surface area contributed by atoms with E-state index in [1.54, 1.807) is 24.3 Å². The maximum Gasteiger partial charge on any atom is 0.319 e. The molecule has 4 nitrogen and oxygen atoms in total. The monoisotopic (exact) mass is 338 g/mol. The van der Waals surface area contributed by atoms with Crippen LogP contribution in [0, 0.1) is 17.5 Å². The van der Waals surface area contributed by atoms with Crippen molar-refractivity contribution in [2.75, 3.05) is 11.9 Å². The third-order valence-electron chi connectivity index (χ3n) is 3.42. The van der Waals surface area contributed by atoms with Crippen molar-refractivity contribution in [3.05, 3.63) is 65.5 Å². The molecule has 0 saturated carbocycles. The first kappa shape index (κ1) is 17.8. The molecule has 0 saturated heterocycles. The number of carbonyl (C=O) groups excluding carboxylic acids is 1. The fraction of sp³-hybridized carbons (Fsp3) is 0.235. The molecule has 0 fully saturated rings. The normalized spacial score (nSPS) is 11.8. The number of hydrogen-bond acceptors (Lipinski definition) is 2. The van der Waals surface area contributed by atoms with Crippen molar-refractivity contribution in [1.82, 2.24) is 5.32 Å². The highest BCUT2D eigenvalue weighted by molar-refractivity contribution is 5.89. The molecule has 3 N–H and O–H groups in total. The number of aliphatic hydroxyl groups excluding tert-OH is 1. The molecule has 0 unspecified atom stereocenters. The minimum Gasteiger partial charge on any atom is -0.396 e. The zero-order chi connectivity index (χ0) is 17.5. The van der Waals surface area contributed by atoms with E-state index in [-0.39, 0.29) is 6.61 Å². The molecule has 0 aromatic heterocycles. The van der Waals surface area contributed by atoms with Crippen molar-refractivity contribution < 1.29 is 23.1 Å². The van der Waals surface area contributed by atoms with E-state index in [0.717, 1.165) is 5.56 Å². The first-order chi connectivity index (χ1) is 11.5. The Morgan fingerprint density at radius 2 is 1.71 bits per heavy atom. The Hall–Kier alpha value is -2.54. The molecule has 1 atom stereocenters. The van der Waals surface area contributed by atoms with Crippen LogP contribution in [0.15, 0.2) is 42.5 Å². The summed E-state index contributed by atoms with van der Waals surface area (Å²) in [5, 5.41) is 13.8. The van der Waals surface area contributed by atoms with Gasteiger partial charge in [-0.15, -0.1) is 0 Å². The molecule has 0 bridgehead atoms. The SMILES string of the molecule is O=C(Nc1cc(F)c(F)cc1F)N[C@H](CCCO)c1ccccc1. The highest BCUT2D eigenvalue weighted by Crippen LogP contribution is 2.20. The Labute approximate surface area is 137 Å². The minimum absolute atomic E-state index is 0.0373. The van der Waals surface area contributed by atoms with E-state index in [9.17, 15) is 18.0 Å². The fourth-order valence-corrected chi connectivity index (χ4v) is 2.24. The van der Waals surface area contributed by atoms with E-state index in [1.165, 1.54) is 0 Å². The molecular weight excluding hydrogens is 321 g/mol. The van der Waals surface area contributed by atoms with Crippen LogP contribution < -0.4 is 10.6 Å². The predicted molar refractivity (Wildman–Crippen MR) is 84.0 cm³/mol. The highest BCUT2D eigenvalue weighted by Gasteiger charge is 2.16. The standard InChI is InChI=1S/C17H17F3N2O2/c18-12-9-14(20)16(10-13(12)19)22-17(24)21-15(7-4-8-23)11-5-2-1-3-6-11/h1-3,5-6,9-10,15,23H,4,7-8H2,(H2,21,22,24)/t15-/m1/s1. The summed E-state index contributed by atoms with van der Waals surface area (Å²) in [4.78, 5) is 12.0. The van der Waals surface area contributed by atoms with Gasteiger partial charge in [-0.3, -0.25) is 0 Å². The van der Waals surface area contributed by atoms with Crippen molar-refractivity contribution in [1.29, 1.82) is 0 Å². The maximum atomic E-state index is 13.6. The van der Waals surface area contributed by atoms with E-state index in [4.69, 9.17) is 5.11 Å². The van der Waals surface area contributed by atoms with Gasteiger partial charge >= 0.3 is 6.03 Å². The lowest BCUT2D eigenvalue weighted by Gasteiger charge is -2.19. The highest BCUT2D eigenvalue weighted by atomic mass is 19.2. The number of urea groups is 1. The number of aliphatic hydroxyl groups is 1. The van der Waals surface area contributed by atoms with Crippen LogP contribution in [0.25, 0.3) is 0 Å². The minimum atomic E-state index is -1.33. The van der Waals surface area contributed by atoms with Crippen LogP contribution in [-0.2, 0) is 0 Å². The molecule has 2 aromatic rings. The average Bonchev–Trinajstić information content (AvgIpc) is 2.57. The lowest BCUT2D eigenvalue weighted by atomic mass is 10.0. The first-order valence-corrected chi connectivity index (χ1v) is 7.39. The number of hydrogen-bond donors (Lipinski definition) is 3. The van der Waals surface area contributed by atoms with Gasteiger partial charge in [0.15, 0.2) is 11.6 Å². The number of benzene rings is 2. The average molecular weight is 338 g/mol. The molecule has 0 aliphatic heterocycles. The smallest absolute Gasteiger partial charge is 0.319 e. The summed E-state index contributed by atoms with van der Waals surface area (Å²) in [6.45, 7) is -0.0373. The Kier molecular flexibility index (Phi) is 6.20. The molecule has 0 spiro atoms. The Balaban J connectivity index is 2.09. The summed E-state index contributed by atoms with van der Waals surface area (Å²) < 4.78 is 39.6. The fourth-order valence-electron chi connectivity index (χ4n) is 2.24. The quantitative estimate of drug-likeness (QED) is 0.703. The first-order valence-electron chi connectivity index (χ1n) is 7.39. The van der Waals surface area contributed by atoms with Gasteiger partial charge in [0.1, 0.15) is 5.82 Å². The second-order valence-corrected chi connectivity index (χ2v) is 5.17. The molecule has 0 aliphatic rings. The molecule has 24 heavy (non-hydrogen) atoms. The van der Waals surface area contributed by atoms with Crippen molar-refractivity contribution >= 4 is 11.7 Å². The summed E-state index contributed by atoms with van der Waals surface area (Å²) in [5.74, 6) is -3.66. The van der Waals surface area contributed by atoms with Crippen molar-refractivity contribution in [2.24, 2.45) is 0 Å². The van der Waals surface area contributed by atoms with E-state index < -0.39 is 35.2 Å². The Morgan fingerprint density at radius 1 is 1.04 bits per heavy atom. The second-order valence-electron chi connectivity index (χ2n) is 5.17. The van der Waals surface area contributed by atoms with Gasteiger partial charge < -0.3 is 15.7 Å². The van der Waals surface area contributed by atoms with Gasteiger partial charge in [0.25, 0.3) is 0 Å². The van der Waals surface area contributed by atoms with E-state index in [1.807, 2.05) is 6.07 Å². The lowest BCUT2D eigenvalue weighted by molar-refractivity contribution is 0.243. The maximum absolute atomic E-state index is 13.6. The van der Waals surface area contributed by atoms with Gasteiger partial charge in [0.05, 0.1) is 11.7 Å². The number of amides is 2. The van der Waals surface area contributed by atoms with Crippen molar-refractivity contribution in [3.63, 3.8) is 0 Å². The summed E-state index contributed by atoms with van der Waals surface area (Å²) in [6, 6.07) is 8.81.